The van der Waals surface area contributed by atoms with Crippen molar-refractivity contribution >= 4 is 16.7 Å². The molecule has 0 spiro atoms. The first-order valence-electron chi connectivity index (χ1n) is 9.64. The minimum atomic E-state index is -0.143. The Labute approximate surface area is 164 Å². The van der Waals surface area contributed by atoms with E-state index in [9.17, 15) is 4.79 Å². The Morgan fingerprint density at radius 3 is 2.68 bits per heavy atom. The predicted molar refractivity (Wildman–Crippen MR) is 108 cm³/mol. The van der Waals surface area contributed by atoms with Crippen LogP contribution in [0, 0.1) is 5.92 Å². The zero-order valence-corrected chi connectivity index (χ0v) is 15.8. The van der Waals surface area contributed by atoms with E-state index in [0.717, 1.165) is 30.8 Å². The van der Waals surface area contributed by atoms with Crippen LogP contribution in [0.4, 0.5) is 0 Å². The molecule has 1 aromatic heterocycles. The Morgan fingerprint density at radius 1 is 1.07 bits per heavy atom. The van der Waals surface area contributed by atoms with Crippen LogP contribution in [0.15, 0.2) is 60.8 Å². The molecule has 5 nitrogen and oxygen atoms in total. The van der Waals surface area contributed by atoms with Crippen LogP contribution in [0.1, 0.15) is 28.0 Å². The third-order valence-corrected chi connectivity index (χ3v) is 4.98. The summed E-state index contributed by atoms with van der Waals surface area (Å²) in [6.45, 7) is 3.14. The van der Waals surface area contributed by atoms with E-state index < -0.39 is 0 Å². The van der Waals surface area contributed by atoms with E-state index in [1.165, 1.54) is 10.8 Å². The van der Waals surface area contributed by atoms with Crippen LogP contribution in [-0.4, -0.2) is 30.6 Å². The molecule has 1 atom stereocenters. The van der Waals surface area contributed by atoms with Gasteiger partial charge in [0.15, 0.2) is 0 Å². The summed E-state index contributed by atoms with van der Waals surface area (Å²) >= 11 is 0. The molecule has 4 rings (SSSR count). The van der Waals surface area contributed by atoms with Gasteiger partial charge < -0.3 is 14.8 Å². The molecule has 2 aromatic carbocycles. The van der Waals surface area contributed by atoms with Crippen molar-refractivity contribution in [3.05, 3.63) is 77.6 Å². The van der Waals surface area contributed by atoms with Gasteiger partial charge in [-0.25, -0.2) is 0 Å². The maximum absolute atomic E-state index is 12.2. The molecule has 28 heavy (non-hydrogen) atoms. The summed E-state index contributed by atoms with van der Waals surface area (Å²) in [7, 11) is 0. The van der Waals surface area contributed by atoms with Crippen LogP contribution in [0.25, 0.3) is 10.8 Å². The Morgan fingerprint density at radius 2 is 1.89 bits per heavy atom. The summed E-state index contributed by atoms with van der Waals surface area (Å²) in [5, 5.41) is 5.37. The molecule has 1 aliphatic rings. The van der Waals surface area contributed by atoms with Gasteiger partial charge in [-0.05, 0) is 40.5 Å². The van der Waals surface area contributed by atoms with Gasteiger partial charge in [-0.2, -0.15) is 0 Å². The summed E-state index contributed by atoms with van der Waals surface area (Å²) in [6, 6.07) is 18.3. The summed E-state index contributed by atoms with van der Waals surface area (Å²) in [6.07, 6.45) is 2.70. The highest BCUT2D eigenvalue weighted by molar-refractivity contribution is 5.92. The number of pyridine rings is 1. The van der Waals surface area contributed by atoms with E-state index in [0.29, 0.717) is 31.4 Å². The zero-order valence-electron chi connectivity index (χ0n) is 15.8. The summed E-state index contributed by atoms with van der Waals surface area (Å²) < 4.78 is 11.1. The molecule has 0 radical (unpaired) electrons. The fourth-order valence-corrected chi connectivity index (χ4v) is 3.33. The molecule has 0 saturated carbocycles. The van der Waals surface area contributed by atoms with E-state index >= 15 is 0 Å². The van der Waals surface area contributed by atoms with Crippen molar-refractivity contribution in [3.8, 4) is 0 Å². The number of aromatic nitrogens is 1. The Bertz CT molecular complexity index is 934. The molecule has 1 unspecified atom stereocenters. The summed E-state index contributed by atoms with van der Waals surface area (Å²) in [5.41, 5.74) is 2.51. The highest BCUT2D eigenvalue weighted by Gasteiger charge is 2.17. The van der Waals surface area contributed by atoms with Crippen molar-refractivity contribution in [1.29, 1.82) is 0 Å². The predicted octanol–water partition coefficient (Wildman–Crippen LogP) is 3.72. The van der Waals surface area contributed by atoms with Gasteiger partial charge in [-0.3, -0.25) is 9.78 Å². The van der Waals surface area contributed by atoms with Gasteiger partial charge in [-0.15, -0.1) is 0 Å². The van der Waals surface area contributed by atoms with Crippen LogP contribution in [0.5, 0.6) is 0 Å². The summed E-state index contributed by atoms with van der Waals surface area (Å²) in [4.78, 5) is 16.4. The highest BCUT2D eigenvalue weighted by Crippen LogP contribution is 2.16. The number of carbonyl (C=O) groups is 1. The van der Waals surface area contributed by atoms with Gasteiger partial charge >= 0.3 is 0 Å². The average molecular weight is 376 g/mol. The van der Waals surface area contributed by atoms with E-state index in [1.807, 2.05) is 18.2 Å². The number of amides is 1. The topological polar surface area (TPSA) is 60.5 Å². The van der Waals surface area contributed by atoms with Gasteiger partial charge in [0.1, 0.15) is 5.69 Å². The quantitative estimate of drug-likeness (QED) is 0.683. The molecular weight excluding hydrogens is 352 g/mol. The second kappa shape index (κ2) is 8.95. The molecule has 1 amide bonds. The van der Waals surface area contributed by atoms with E-state index in [4.69, 9.17) is 9.47 Å². The Balaban J connectivity index is 1.26. The maximum atomic E-state index is 12.2. The molecule has 0 aliphatic carbocycles. The SMILES string of the molecule is O=C(NCC1CCOC1)c1ccc(COCc2ccc3ccccc3c2)cn1. The second-order valence-electron chi connectivity index (χ2n) is 7.17. The molecule has 144 valence electrons. The average Bonchev–Trinajstić information content (AvgIpc) is 3.26. The van der Waals surface area contributed by atoms with Gasteiger partial charge in [-0.1, -0.05) is 42.5 Å². The van der Waals surface area contributed by atoms with Crippen molar-refractivity contribution in [3.63, 3.8) is 0 Å². The molecule has 1 fully saturated rings. The van der Waals surface area contributed by atoms with Crippen molar-refractivity contribution in [2.75, 3.05) is 19.8 Å². The minimum Gasteiger partial charge on any atom is -0.381 e. The number of benzene rings is 2. The Hall–Kier alpha value is -2.76. The zero-order chi connectivity index (χ0) is 19.2. The molecule has 5 heteroatoms. The number of ether oxygens (including phenoxy) is 2. The highest BCUT2D eigenvalue weighted by atomic mass is 16.5. The lowest BCUT2D eigenvalue weighted by Crippen LogP contribution is -2.30. The largest absolute Gasteiger partial charge is 0.381 e. The first-order valence-corrected chi connectivity index (χ1v) is 9.64. The standard InChI is InChI=1S/C23H24N2O3/c26-23(25-13-19-9-10-27-15-19)22-8-6-18(12-24-22)16-28-14-17-5-7-20-3-1-2-4-21(20)11-17/h1-8,11-12,19H,9-10,13-16H2,(H,25,26). The number of hydrogen-bond donors (Lipinski definition) is 1. The van der Waals surface area contributed by atoms with E-state index in [1.54, 1.807) is 12.3 Å². The Kier molecular flexibility index (Phi) is 5.95. The fraction of sp³-hybridized carbons (Fsp3) is 0.304. The molecule has 2 heterocycles. The van der Waals surface area contributed by atoms with Crippen LogP contribution >= 0.6 is 0 Å². The normalized spacial score (nSPS) is 16.4. The lowest BCUT2D eigenvalue weighted by atomic mass is 10.1. The van der Waals surface area contributed by atoms with E-state index in [2.05, 4.69) is 40.6 Å². The third-order valence-electron chi connectivity index (χ3n) is 4.98. The smallest absolute Gasteiger partial charge is 0.269 e. The minimum absolute atomic E-state index is 0.143. The number of hydrogen-bond acceptors (Lipinski definition) is 4. The van der Waals surface area contributed by atoms with E-state index in [-0.39, 0.29) is 5.91 Å². The molecule has 1 saturated heterocycles. The van der Waals surface area contributed by atoms with Gasteiger partial charge in [0.05, 0.1) is 19.8 Å². The van der Waals surface area contributed by atoms with Crippen LogP contribution in [0.3, 0.4) is 0 Å². The summed E-state index contributed by atoms with van der Waals surface area (Å²) in [5.74, 6) is 0.266. The number of nitrogens with zero attached hydrogens (tertiary/aromatic N) is 1. The van der Waals surface area contributed by atoms with Crippen molar-refractivity contribution < 1.29 is 14.3 Å². The van der Waals surface area contributed by atoms with Gasteiger partial charge in [0, 0.05) is 25.3 Å². The number of fused-ring (bicyclic) bond motifs is 1. The van der Waals surface area contributed by atoms with Crippen molar-refractivity contribution in [2.24, 2.45) is 5.92 Å². The number of carbonyl (C=O) groups excluding carboxylic acids is 1. The monoisotopic (exact) mass is 376 g/mol. The molecular formula is C23H24N2O3. The maximum Gasteiger partial charge on any atom is 0.269 e. The first-order chi connectivity index (χ1) is 13.8. The first kappa shape index (κ1) is 18.6. The van der Waals surface area contributed by atoms with Crippen molar-refractivity contribution in [2.45, 2.75) is 19.6 Å². The fourth-order valence-electron chi connectivity index (χ4n) is 3.33. The van der Waals surface area contributed by atoms with Crippen LogP contribution in [0.2, 0.25) is 0 Å². The number of nitrogens with one attached hydrogen (secondary N) is 1. The van der Waals surface area contributed by atoms with Crippen molar-refractivity contribution in [1.82, 2.24) is 10.3 Å². The third kappa shape index (κ3) is 4.74. The molecule has 1 aliphatic heterocycles. The van der Waals surface area contributed by atoms with Crippen LogP contribution < -0.4 is 5.32 Å². The van der Waals surface area contributed by atoms with Gasteiger partial charge in [0.25, 0.3) is 5.91 Å². The van der Waals surface area contributed by atoms with Gasteiger partial charge in [0.2, 0.25) is 0 Å². The number of rotatable bonds is 7. The second-order valence-corrected chi connectivity index (χ2v) is 7.17. The molecule has 3 aromatic rings. The lowest BCUT2D eigenvalue weighted by molar-refractivity contribution is 0.0938. The lowest BCUT2D eigenvalue weighted by Gasteiger charge is -2.09. The molecule has 1 N–H and O–H groups in total. The molecule has 0 bridgehead atoms. The van der Waals surface area contributed by atoms with Crippen LogP contribution in [-0.2, 0) is 22.7 Å².